The van der Waals surface area contributed by atoms with Gasteiger partial charge in [0, 0.05) is 24.6 Å². The van der Waals surface area contributed by atoms with Gasteiger partial charge in [-0.3, -0.25) is 4.79 Å². The van der Waals surface area contributed by atoms with Gasteiger partial charge < -0.3 is 10.0 Å². The van der Waals surface area contributed by atoms with E-state index in [-0.39, 0.29) is 12.0 Å². The second-order valence-electron chi connectivity index (χ2n) is 6.73. The van der Waals surface area contributed by atoms with Gasteiger partial charge in [-0.1, -0.05) is 26.0 Å². The number of amides is 1. The van der Waals surface area contributed by atoms with E-state index in [9.17, 15) is 9.90 Å². The number of aliphatic hydroxyl groups is 1. The number of hydrogen-bond acceptors (Lipinski definition) is 2. The van der Waals surface area contributed by atoms with Crippen molar-refractivity contribution in [1.82, 2.24) is 4.90 Å². The van der Waals surface area contributed by atoms with E-state index in [0.717, 1.165) is 31.5 Å². The number of rotatable bonds is 3. The monoisotopic (exact) mass is 273 g/mol. The Balaban J connectivity index is 1.65. The summed E-state index contributed by atoms with van der Waals surface area (Å²) in [4.78, 5) is 14.4. The fourth-order valence-electron chi connectivity index (χ4n) is 3.47. The van der Waals surface area contributed by atoms with Gasteiger partial charge in [0.05, 0.1) is 6.10 Å². The molecule has 0 aromatic heterocycles. The van der Waals surface area contributed by atoms with Crippen LogP contribution in [0, 0.1) is 17.8 Å². The average Bonchev–Trinajstić information content (AvgIpc) is 2.75. The standard InChI is InChI=1S/C17H23NO2/c1-11(2)7-12-3-5-13(6-4-12)17(20)18-9-14-8-16(19)15(14)10-18/h3-6,11,14-16,19H,7-10H2,1-2H3/t14-,15+,16-/m1/s1. The van der Waals surface area contributed by atoms with Crippen LogP contribution in [0.2, 0.25) is 0 Å². The zero-order chi connectivity index (χ0) is 14.3. The van der Waals surface area contributed by atoms with Crippen LogP contribution in [0.15, 0.2) is 24.3 Å². The Morgan fingerprint density at radius 3 is 2.55 bits per heavy atom. The van der Waals surface area contributed by atoms with Crippen molar-refractivity contribution in [1.29, 1.82) is 0 Å². The SMILES string of the molecule is CC(C)Cc1ccc(C(=O)N2C[C@H]3C[C@@H](O)[C@H]3C2)cc1. The van der Waals surface area contributed by atoms with Crippen LogP contribution in [0.4, 0.5) is 0 Å². The molecule has 0 unspecified atom stereocenters. The molecule has 0 spiro atoms. The molecule has 1 saturated heterocycles. The molecule has 1 aromatic carbocycles. The Bertz CT molecular complexity index is 494. The molecule has 1 saturated carbocycles. The van der Waals surface area contributed by atoms with Gasteiger partial charge >= 0.3 is 0 Å². The Kier molecular flexibility index (Phi) is 3.55. The number of aliphatic hydroxyl groups excluding tert-OH is 1. The lowest BCUT2D eigenvalue weighted by molar-refractivity contribution is -0.00427. The summed E-state index contributed by atoms with van der Waals surface area (Å²) >= 11 is 0. The summed E-state index contributed by atoms with van der Waals surface area (Å²) in [7, 11) is 0. The highest BCUT2D eigenvalue weighted by Crippen LogP contribution is 2.41. The normalized spacial score (nSPS) is 28.4. The molecule has 3 heteroatoms. The number of likely N-dealkylation sites (tertiary alicyclic amines) is 1. The highest BCUT2D eigenvalue weighted by molar-refractivity contribution is 5.94. The number of nitrogens with zero attached hydrogens (tertiary/aromatic N) is 1. The van der Waals surface area contributed by atoms with Gasteiger partial charge in [-0.15, -0.1) is 0 Å². The van der Waals surface area contributed by atoms with Crippen LogP contribution in [-0.2, 0) is 6.42 Å². The van der Waals surface area contributed by atoms with Gasteiger partial charge in [-0.05, 0) is 42.4 Å². The minimum absolute atomic E-state index is 0.114. The molecule has 1 aliphatic carbocycles. The smallest absolute Gasteiger partial charge is 0.253 e. The third-order valence-corrected chi connectivity index (χ3v) is 4.66. The topological polar surface area (TPSA) is 40.5 Å². The fourth-order valence-corrected chi connectivity index (χ4v) is 3.47. The maximum Gasteiger partial charge on any atom is 0.253 e. The Morgan fingerprint density at radius 1 is 1.30 bits per heavy atom. The van der Waals surface area contributed by atoms with Crippen molar-refractivity contribution in [3.8, 4) is 0 Å². The minimum atomic E-state index is -0.189. The molecule has 3 nitrogen and oxygen atoms in total. The first-order valence-corrected chi connectivity index (χ1v) is 7.61. The summed E-state index contributed by atoms with van der Waals surface area (Å²) in [5, 5.41) is 9.67. The molecule has 1 aromatic rings. The second kappa shape index (κ2) is 5.21. The molecular formula is C17H23NO2. The molecular weight excluding hydrogens is 250 g/mol. The first-order chi connectivity index (χ1) is 9.54. The number of hydrogen-bond donors (Lipinski definition) is 1. The summed E-state index contributed by atoms with van der Waals surface area (Å²) in [6, 6.07) is 8.01. The van der Waals surface area contributed by atoms with Crippen molar-refractivity contribution in [2.45, 2.75) is 32.8 Å². The third kappa shape index (κ3) is 2.47. The summed E-state index contributed by atoms with van der Waals surface area (Å²) in [6.07, 6.45) is 1.72. The zero-order valence-electron chi connectivity index (χ0n) is 12.2. The summed E-state index contributed by atoms with van der Waals surface area (Å²) in [5.41, 5.74) is 2.06. The van der Waals surface area contributed by atoms with Gasteiger partial charge in [0.2, 0.25) is 0 Å². The van der Waals surface area contributed by atoms with Gasteiger partial charge in [0.1, 0.15) is 0 Å². The maximum atomic E-state index is 12.5. The first kappa shape index (κ1) is 13.6. The molecule has 2 fully saturated rings. The lowest BCUT2D eigenvalue weighted by atomic mass is 9.74. The van der Waals surface area contributed by atoms with E-state index in [4.69, 9.17) is 0 Å². The molecule has 3 atom stereocenters. The summed E-state index contributed by atoms with van der Waals surface area (Å²) in [5.74, 6) is 1.59. The number of carbonyl (C=O) groups is 1. The molecule has 108 valence electrons. The van der Waals surface area contributed by atoms with Gasteiger partial charge in [0.15, 0.2) is 0 Å². The fraction of sp³-hybridized carbons (Fsp3) is 0.588. The minimum Gasteiger partial charge on any atom is -0.393 e. The Hall–Kier alpha value is -1.35. The second-order valence-corrected chi connectivity index (χ2v) is 6.73. The van der Waals surface area contributed by atoms with Crippen LogP contribution in [0.3, 0.4) is 0 Å². The lowest BCUT2D eigenvalue weighted by Crippen LogP contribution is -2.39. The van der Waals surface area contributed by atoms with Gasteiger partial charge in [0.25, 0.3) is 5.91 Å². The number of benzene rings is 1. The molecule has 20 heavy (non-hydrogen) atoms. The van der Waals surface area contributed by atoms with Crippen molar-refractivity contribution in [3.05, 3.63) is 35.4 Å². The molecule has 1 N–H and O–H groups in total. The Morgan fingerprint density at radius 2 is 2.00 bits per heavy atom. The van der Waals surface area contributed by atoms with E-state index in [1.807, 2.05) is 17.0 Å². The summed E-state index contributed by atoms with van der Waals surface area (Å²) < 4.78 is 0. The molecule has 1 amide bonds. The molecule has 1 aliphatic heterocycles. The lowest BCUT2D eigenvalue weighted by Gasteiger charge is -2.34. The molecule has 0 bridgehead atoms. The summed E-state index contributed by atoms with van der Waals surface area (Å²) in [6.45, 7) is 5.93. The highest BCUT2D eigenvalue weighted by Gasteiger charge is 2.47. The maximum absolute atomic E-state index is 12.5. The highest BCUT2D eigenvalue weighted by atomic mass is 16.3. The van der Waals surface area contributed by atoms with E-state index < -0.39 is 0 Å². The van der Waals surface area contributed by atoms with Crippen LogP contribution < -0.4 is 0 Å². The number of carbonyl (C=O) groups excluding carboxylic acids is 1. The zero-order valence-corrected chi connectivity index (χ0v) is 12.2. The quantitative estimate of drug-likeness (QED) is 0.918. The van der Waals surface area contributed by atoms with Crippen LogP contribution in [0.5, 0.6) is 0 Å². The van der Waals surface area contributed by atoms with Crippen LogP contribution >= 0.6 is 0 Å². The average molecular weight is 273 g/mol. The van der Waals surface area contributed by atoms with Crippen molar-refractivity contribution in [2.75, 3.05) is 13.1 Å². The van der Waals surface area contributed by atoms with E-state index in [1.54, 1.807) is 0 Å². The van der Waals surface area contributed by atoms with Crippen molar-refractivity contribution in [3.63, 3.8) is 0 Å². The number of fused-ring (bicyclic) bond motifs is 1. The van der Waals surface area contributed by atoms with Crippen molar-refractivity contribution < 1.29 is 9.90 Å². The molecule has 1 heterocycles. The van der Waals surface area contributed by atoms with Crippen molar-refractivity contribution in [2.24, 2.45) is 17.8 Å². The van der Waals surface area contributed by atoms with Gasteiger partial charge in [-0.25, -0.2) is 0 Å². The predicted molar refractivity (Wildman–Crippen MR) is 78.5 cm³/mol. The Labute approximate surface area is 120 Å². The van der Waals surface area contributed by atoms with Crippen LogP contribution in [0.25, 0.3) is 0 Å². The van der Waals surface area contributed by atoms with Crippen LogP contribution in [-0.4, -0.2) is 35.1 Å². The molecule has 0 radical (unpaired) electrons. The van der Waals surface area contributed by atoms with E-state index in [1.165, 1.54) is 5.56 Å². The van der Waals surface area contributed by atoms with E-state index in [2.05, 4.69) is 26.0 Å². The molecule has 2 aliphatic rings. The van der Waals surface area contributed by atoms with E-state index in [0.29, 0.717) is 17.8 Å². The molecule has 3 rings (SSSR count). The predicted octanol–water partition coefficient (Wildman–Crippen LogP) is 2.34. The first-order valence-electron chi connectivity index (χ1n) is 7.61. The van der Waals surface area contributed by atoms with Crippen LogP contribution in [0.1, 0.15) is 36.2 Å². The largest absolute Gasteiger partial charge is 0.393 e. The van der Waals surface area contributed by atoms with E-state index >= 15 is 0 Å². The van der Waals surface area contributed by atoms with Crippen molar-refractivity contribution >= 4 is 5.91 Å². The van der Waals surface area contributed by atoms with Gasteiger partial charge in [-0.2, -0.15) is 0 Å². The third-order valence-electron chi connectivity index (χ3n) is 4.66.